The van der Waals surface area contributed by atoms with Crippen molar-refractivity contribution in [3.05, 3.63) is 29.3 Å². The van der Waals surface area contributed by atoms with E-state index in [0.717, 1.165) is 0 Å². The Kier molecular flexibility index (Phi) is 5.57. The predicted octanol–water partition coefficient (Wildman–Crippen LogP) is 3.08. The lowest BCUT2D eigenvalue weighted by Gasteiger charge is -2.23. The van der Waals surface area contributed by atoms with Crippen LogP contribution in [-0.4, -0.2) is 18.4 Å². The van der Waals surface area contributed by atoms with Crippen molar-refractivity contribution in [3.63, 3.8) is 0 Å². The van der Waals surface area contributed by atoms with Crippen LogP contribution in [0.3, 0.4) is 0 Å². The molecular weight excluding hydrogens is 276 g/mol. The second kappa shape index (κ2) is 6.75. The first-order chi connectivity index (χ1) is 9.25. The van der Waals surface area contributed by atoms with E-state index in [1.54, 1.807) is 38.1 Å². The molecule has 0 saturated heterocycles. The molecule has 0 aliphatic carbocycles. The number of para-hydroxylation sites is 1. The maximum absolute atomic E-state index is 12.2. The molecule has 2 amide bonds. The Morgan fingerprint density at radius 2 is 1.80 bits per heavy atom. The molecule has 0 radical (unpaired) electrons. The van der Waals surface area contributed by atoms with E-state index in [-0.39, 0.29) is 11.8 Å². The summed E-state index contributed by atoms with van der Waals surface area (Å²) >= 11 is 5.99. The van der Waals surface area contributed by atoms with Crippen molar-refractivity contribution in [1.82, 2.24) is 5.32 Å². The van der Waals surface area contributed by atoms with Gasteiger partial charge in [-0.15, -0.1) is 0 Å². The van der Waals surface area contributed by atoms with E-state index in [1.807, 2.05) is 13.8 Å². The van der Waals surface area contributed by atoms with Gasteiger partial charge >= 0.3 is 0 Å². The normalized spacial score (nSPS) is 11.3. The van der Waals surface area contributed by atoms with Gasteiger partial charge in [0.05, 0.1) is 10.7 Å². The first kappa shape index (κ1) is 16.5. The Bertz CT molecular complexity index is 498. The number of benzene rings is 1. The predicted molar refractivity (Wildman–Crippen MR) is 81.7 cm³/mol. The minimum absolute atomic E-state index is 0.296. The highest BCUT2D eigenvalue weighted by molar-refractivity contribution is 6.33. The summed E-state index contributed by atoms with van der Waals surface area (Å²) in [6, 6.07) is 6.93. The van der Waals surface area contributed by atoms with Gasteiger partial charge in [0, 0.05) is 6.54 Å². The highest BCUT2D eigenvalue weighted by Gasteiger charge is 2.36. The molecule has 0 saturated carbocycles. The van der Waals surface area contributed by atoms with E-state index in [0.29, 0.717) is 23.2 Å². The fourth-order valence-electron chi connectivity index (χ4n) is 1.46. The molecular formula is C15H21ClN2O2. The van der Waals surface area contributed by atoms with E-state index in [9.17, 15) is 9.59 Å². The molecule has 0 spiro atoms. The summed E-state index contributed by atoms with van der Waals surface area (Å²) in [6.45, 7) is 7.72. The van der Waals surface area contributed by atoms with Gasteiger partial charge in [0.25, 0.3) is 0 Å². The van der Waals surface area contributed by atoms with Crippen LogP contribution in [0.4, 0.5) is 5.69 Å². The molecule has 0 bridgehead atoms. The van der Waals surface area contributed by atoms with E-state index < -0.39 is 5.41 Å². The summed E-state index contributed by atoms with van der Waals surface area (Å²) in [4.78, 5) is 24.3. The Hall–Kier alpha value is -1.55. The second-order valence-electron chi connectivity index (χ2n) is 5.66. The van der Waals surface area contributed by atoms with Gasteiger partial charge in [0.2, 0.25) is 11.8 Å². The Labute approximate surface area is 124 Å². The lowest BCUT2D eigenvalue weighted by atomic mass is 9.90. The van der Waals surface area contributed by atoms with Gasteiger partial charge in [0.15, 0.2) is 0 Å². The van der Waals surface area contributed by atoms with Crippen LogP contribution in [0.5, 0.6) is 0 Å². The number of halogens is 1. The number of amides is 2. The molecule has 0 heterocycles. The van der Waals surface area contributed by atoms with Crippen LogP contribution >= 0.6 is 11.6 Å². The first-order valence-electron chi connectivity index (χ1n) is 6.59. The minimum atomic E-state index is -1.16. The molecule has 110 valence electrons. The number of hydrogen-bond acceptors (Lipinski definition) is 2. The molecule has 0 fully saturated rings. The lowest BCUT2D eigenvalue weighted by Crippen LogP contribution is -2.46. The highest BCUT2D eigenvalue weighted by Crippen LogP contribution is 2.24. The first-order valence-corrected chi connectivity index (χ1v) is 6.97. The van der Waals surface area contributed by atoms with Crippen molar-refractivity contribution < 1.29 is 9.59 Å². The van der Waals surface area contributed by atoms with Gasteiger partial charge in [-0.05, 0) is 31.9 Å². The van der Waals surface area contributed by atoms with E-state index in [4.69, 9.17) is 11.6 Å². The molecule has 0 aliphatic heterocycles. The monoisotopic (exact) mass is 296 g/mol. The average molecular weight is 297 g/mol. The molecule has 4 nitrogen and oxygen atoms in total. The molecule has 0 aromatic heterocycles. The SMILES string of the molecule is CC(C)CNC(=O)C(C)(C)C(=O)Nc1ccccc1Cl. The number of hydrogen-bond donors (Lipinski definition) is 2. The molecule has 5 heteroatoms. The summed E-state index contributed by atoms with van der Waals surface area (Å²) in [7, 11) is 0. The molecule has 1 rings (SSSR count). The standard InChI is InChI=1S/C15H21ClN2O2/c1-10(2)9-17-13(19)15(3,4)14(20)18-12-8-6-5-7-11(12)16/h5-8,10H,9H2,1-4H3,(H,17,19)(H,18,20). The van der Waals surface area contributed by atoms with E-state index >= 15 is 0 Å². The van der Waals surface area contributed by atoms with Gasteiger partial charge in [-0.3, -0.25) is 9.59 Å². The molecule has 20 heavy (non-hydrogen) atoms. The highest BCUT2D eigenvalue weighted by atomic mass is 35.5. The zero-order chi connectivity index (χ0) is 15.3. The fourth-order valence-corrected chi connectivity index (χ4v) is 1.65. The topological polar surface area (TPSA) is 58.2 Å². The Morgan fingerprint density at radius 1 is 1.20 bits per heavy atom. The second-order valence-corrected chi connectivity index (χ2v) is 6.07. The number of carbonyl (C=O) groups is 2. The third-order valence-electron chi connectivity index (χ3n) is 2.93. The van der Waals surface area contributed by atoms with Gasteiger partial charge < -0.3 is 10.6 Å². The van der Waals surface area contributed by atoms with Crippen LogP contribution in [0, 0.1) is 11.3 Å². The number of carbonyl (C=O) groups excluding carboxylic acids is 2. The van der Waals surface area contributed by atoms with Crippen LogP contribution in [0.25, 0.3) is 0 Å². The van der Waals surface area contributed by atoms with Gasteiger partial charge in [-0.2, -0.15) is 0 Å². The Morgan fingerprint density at radius 3 is 2.35 bits per heavy atom. The smallest absolute Gasteiger partial charge is 0.239 e. The zero-order valence-corrected chi connectivity index (χ0v) is 13.0. The van der Waals surface area contributed by atoms with Crippen molar-refractivity contribution in [2.24, 2.45) is 11.3 Å². The summed E-state index contributed by atoms with van der Waals surface area (Å²) in [5, 5.41) is 5.90. The van der Waals surface area contributed by atoms with Crippen LogP contribution in [0.15, 0.2) is 24.3 Å². The summed E-state index contributed by atoms with van der Waals surface area (Å²) in [6.07, 6.45) is 0. The fraction of sp³-hybridized carbons (Fsp3) is 0.467. The van der Waals surface area contributed by atoms with Crippen LogP contribution < -0.4 is 10.6 Å². The van der Waals surface area contributed by atoms with Crippen LogP contribution in [-0.2, 0) is 9.59 Å². The van der Waals surface area contributed by atoms with E-state index in [1.165, 1.54) is 0 Å². The van der Waals surface area contributed by atoms with Gasteiger partial charge in [-0.1, -0.05) is 37.6 Å². The number of anilines is 1. The lowest BCUT2D eigenvalue weighted by molar-refractivity contribution is -0.138. The van der Waals surface area contributed by atoms with E-state index in [2.05, 4.69) is 10.6 Å². The molecule has 1 aromatic carbocycles. The van der Waals surface area contributed by atoms with Crippen LogP contribution in [0.1, 0.15) is 27.7 Å². The molecule has 1 aromatic rings. The quantitative estimate of drug-likeness (QED) is 0.820. The zero-order valence-electron chi connectivity index (χ0n) is 12.3. The number of rotatable bonds is 5. The summed E-state index contributed by atoms with van der Waals surface area (Å²) < 4.78 is 0. The van der Waals surface area contributed by atoms with Gasteiger partial charge in [0.1, 0.15) is 5.41 Å². The number of nitrogens with one attached hydrogen (secondary N) is 2. The van der Waals surface area contributed by atoms with Crippen molar-refractivity contribution >= 4 is 29.1 Å². The average Bonchev–Trinajstić information content (AvgIpc) is 2.38. The molecule has 0 unspecified atom stereocenters. The summed E-state index contributed by atoms with van der Waals surface area (Å²) in [5.41, 5.74) is -0.655. The van der Waals surface area contributed by atoms with Crippen molar-refractivity contribution in [1.29, 1.82) is 0 Å². The molecule has 2 N–H and O–H groups in total. The third kappa shape index (κ3) is 4.23. The Balaban J connectivity index is 2.74. The van der Waals surface area contributed by atoms with Gasteiger partial charge in [-0.25, -0.2) is 0 Å². The van der Waals surface area contributed by atoms with Crippen molar-refractivity contribution in [2.45, 2.75) is 27.7 Å². The molecule has 0 aliphatic rings. The van der Waals surface area contributed by atoms with Crippen molar-refractivity contribution in [3.8, 4) is 0 Å². The maximum Gasteiger partial charge on any atom is 0.239 e. The largest absolute Gasteiger partial charge is 0.355 e. The third-order valence-corrected chi connectivity index (χ3v) is 3.26. The maximum atomic E-state index is 12.2. The summed E-state index contributed by atoms with van der Waals surface area (Å²) in [5.74, 6) is -0.344. The minimum Gasteiger partial charge on any atom is -0.355 e. The van der Waals surface area contributed by atoms with Crippen molar-refractivity contribution in [2.75, 3.05) is 11.9 Å². The van der Waals surface area contributed by atoms with Crippen LogP contribution in [0.2, 0.25) is 5.02 Å². The molecule has 0 atom stereocenters.